The SMILES string of the molecule is CCCNC(C)c1nnc(NCC(C)c2ccccc2)o1. The first kappa shape index (κ1) is 15.5. The van der Waals surface area contributed by atoms with Gasteiger partial charge in [-0.05, 0) is 31.4 Å². The molecule has 1 aromatic heterocycles. The van der Waals surface area contributed by atoms with Gasteiger partial charge in [0, 0.05) is 6.54 Å². The number of hydrogen-bond acceptors (Lipinski definition) is 5. The number of nitrogens with zero attached hydrogens (tertiary/aromatic N) is 2. The van der Waals surface area contributed by atoms with Crippen LogP contribution in [-0.4, -0.2) is 23.3 Å². The lowest BCUT2D eigenvalue weighted by molar-refractivity contribution is 0.422. The van der Waals surface area contributed by atoms with Crippen molar-refractivity contribution < 1.29 is 4.42 Å². The minimum absolute atomic E-state index is 0.0829. The van der Waals surface area contributed by atoms with Gasteiger partial charge in [0.25, 0.3) is 0 Å². The van der Waals surface area contributed by atoms with E-state index in [-0.39, 0.29) is 6.04 Å². The molecule has 0 spiro atoms. The molecule has 114 valence electrons. The van der Waals surface area contributed by atoms with Crippen molar-refractivity contribution in [1.82, 2.24) is 15.5 Å². The molecule has 0 amide bonds. The maximum atomic E-state index is 5.63. The van der Waals surface area contributed by atoms with Crippen LogP contribution in [0.1, 0.15) is 50.6 Å². The van der Waals surface area contributed by atoms with E-state index in [9.17, 15) is 0 Å². The van der Waals surface area contributed by atoms with Crippen LogP contribution in [0.2, 0.25) is 0 Å². The molecule has 2 N–H and O–H groups in total. The van der Waals surface area contributed by atoms with Crippen molar-refractivity contribution in [3.63, 3.8) is 0 Å². The van der Waals surface area contributed by atoms with Crippen LogP contribution >= 0.6 is 0 Å². The van der Waals surface area contributed by atoms with Gasteiger partial charge in [-0.3, -0.25) is 0 Å². The zero-order valence-corrected chi connectivity index (χ0v) is 13.0. The molecule has 1 aromatic carbocycles. The molecule has 2 unspecified atom stereocenters. The highest BCUT2D eigenvalue weighted by Gasteiger charge is 2.13. The summed E-state index contributed by atoms with van der Waals surface area (Å²) in [5.74, 6) is 1.01. The maximum absolute atomic E-state index is 5.63. The zero-order valence-electron chi connectivity index (χ0n) is 13.0. The van der Waals surface area contributed by atoms with Crippen molar-refractivity contribution in [1.29, 1.82) is 0 Å². The molecule has 0 bridgehead atoms. The van der Waals surface area contributed by atoms with Gasteiger partial charge in [0.15, 0.2) is 0 Å². The molecule has 0 saturated carbocycles. The van der Waals surface area contributed by atoms with Gasteiger partial charge in [-0.2, -0.15) is 0 Å². The molecule has 2 atom stereocenters. The number of aromatic nitrogens is 2. The van der Waals surface area contributed by atoms with E-state index in [1.54, 1.807) is 0 Å². The first-order chi connectivity index (χ1) is 10.2. The molecule has 21 heavy (non-hydrogen) atoms. The van der Waals surface area contributed by atoms with Crippen LogP contribution < -0.4 is 10.6 Å². The Kier molecular flexibility index (Phi) is 5.75. The van der Waals surface area contributed by atoms with E-state index in [4.69, 9.17) is 4.42 Å². The molecule has 1 heterocycles. The molecule has 2 rings (SSSR count). The van der Waals surface area contributed by atoms with Gasteiger partial charge >= 0.3 is 6.01 Å². The largest absolute Gasteiger partial charge is 0.406 e. The minimum atomic E-state index is 0.0829. The Bertz CT molecular complexity index is 526. The summed E-state index contributed by atoms with van der Waals surface area (Å²) >= 11 is 0. The van der Waals surface area contributed by atoms with Gasteiger partial charge < -0.3 is 15.1 Å². The summed E-state index contributed by atoms with van der Waals surface area (Å²) in [7, 11) is 0. The quantitative estimate of drug-likeness (QED) is 0.780. The second kappa shape index (κ2) is 7.78. The Morgan fingerprint density at radius 1 is 1.14 bits per heavy atom. The van der Waals surface area contributed by atoms with E-state index in [1.165, 1.54) is 5.56 Å². The van der Waals surface area contributed by atoms with Crippen molar-refractivity contribution >= 4 is 6.01 Å². The predicted octanol–water partition coefficient (Wildman–Crippen LogP) is 3.35. The summed E-state index contributed by atoms with van der Waals surface area (Å²) in [5, 5.41) is 14.7. The van der Waals surface area contributed by atoms with E-state index in [2.05, 4.69) is 58.9 Å². The van der Waals surface area contributed by atoms with Gasteiger partial charge in [0.2, 0.25) is 5.89 Å². The summed E-state index contributed by atoms with van der Waals surface area (Å²) in [5.41, 5.74) is 1.29. The van der Waals surface area contributed by atoms with Crippen LogP contribution in [0.3, 0.4) is 0 Å². The number of hydrogen-bond donors (Lipinski definition) is 2. The molecule has 5 nitrogen and oxygen atoms in total. The van der Waals surface area contributed by atoms with Crippen LogP contribution in [-0.2, 0) is 0 Å². The average molecular weight is 288 g/mol. The Labute approximate surface area is 126 Å². The van der Waals surface area contributed by atoms with Crippen molar-refractivity contribution in [2.45, 2.75) is 39.2 Å². The van der Waals surface area contributed by atoms with E-state index in [0.717, 1.165) is 19.5 Å². The number of benzene rings is 1. The van der Waals surface area contributed by atoms with E-state index in [1.807, 2.05) is 13.0 Å². The third-order valence-corrected chi connectivity index (χ3v) is 3.44. The highest BCUT2D eigenvalue weighted by Crippen LogP contribution is 2.17. The average Bonchev–Trinajstić information content (AvgIpc) is 3.00. The molecule has 2 aromatic rings. The zero-order chi connectivity index (χ0) is 15.1. The highest BCUT2D eigenvalue weighted by molar-refractivity contribution is 5.24. The van der Waals surface area contributed by atoms with Crippen molar-refractivity contribution in [3.05, 3.63) is 41.8 Å². The first-order valence-corrected chi connectivity index (χ1v) is 7.56. The normalized spacial score (nSPS) is 13.9. The van der Waals surface area contributed by atoms with Gasteiger partial charge in [-0.15, -0.1) is 5.10 Å². The summed E-state index contributed by atoms with van der Waals surface area (Å²) in [6, 6.07) is 11.0. The summed E-state index contributed by atoms with van der Waals surface area (Å²) < 4.78 is 5.63. The Balaban J connectivity index is 1.85. The molecule has 0 fully saturated rings. The first-order valence-electron chi connectivity index (χ1n) is 7.56. The van der Waals surface area contributed by atoms with Gasteiger partial charge in [0.1, 0.15) is 0 Å². The molecular formula is C16H24N4O. The Morgan fingerprint density at radius 2 is 1.90 bits per heavy atom. The van der Waals surface area contributed by atoms with Crippen LogP contribution in [0.4, 0.5) is 6.01 Å². The van der Waals surface area contributed by atoms with E-state index < -0.39 is 0 Å². The summed E-state index contributed by atoms with van der Waals surface area (Å²) in [6.45, 7) is 8.04. The molecule has 0 aliphatic rings. The molecular weight excluding hydrogens is 264 g/mol. The highest BCUT2D eigenvalue weighted by atomic mass is 16.4. The topological polar surface area (TPSA) is 63.0 Å². The second-order valence-corrected chi connectivity index (χ2v) is 5.31. The molecule has 0 radical (unpaired) electrons. The van der Waals surface area contributed by atoms with E-state index >= 15 is 0 Å². The number of nitrogens with one attached hydrogen (secondary N) is 2. The minimum Gasteiger partial charge on any atom is -0.406 e. The third-order valence-electron chi connectivity index (χ3n) is 3.44. The summed E-state index contributed by atoms with van der Waals surface area (Å²) in [4.78, 5) is 0. The fourth-order valence-corrected chi connectivity index (χ4v) is 2.07. The molecule has 0 saturated heterocycles. The lowest BCUT2D eigenvalue weighted by atomic mass is 10.0. The maximum Gasteiger partial charge on any atom is 0.315 e. The van der Waals surface area contributed by atoms with E-state index in [0.29, 0.717) is 17.8 Å². The standard InChI is InChI=1S/C16H24N4O/c1-4-10-17-13(3)15-19-20-16(21-15)18-11-12(2)14-8-6-5-7-9-14/h5-9,12-13,17H,4,10-11H2,1-3H3,(H,18,20). The molecule has 5 heteroatoms. The monoisotopic (exact) mass is 288 g/mol. The van der Waals surface area contributed by atoms with Gasteiger partial charge in [-0.25, -0.2) is 0 Å². The van der Waals surface area contributed by atoms with Crippen LogP contribution in [0.15, 0.2) is 34.7 Å². The Hall–Kier alpha value is -1.88. The lowest BCUT2D eigenvalue weighted by Crippen LogP contribution is -2.19. The van der Waals surface area contributed by atoms with Crippen LogP contribution in [0, 0.1) is 0 Å². The van der Waals surface area contributed by atoms with Crippen molar-refractivity contribution in [3.8, 4) is 0 Å². The number of rotatable bonds is 8. The van der Waals surface area contributed by atoms with Crippen molar-refractivity contribution in [2.24, 2.45) is 0 Å². The second-order valence-electron chi connectivity index (χ2n) is 5.31. The smallest absolute Gasteiger partial charge is 0.315 e. The van der Waals surface area contributed by atoms with Crippen LogP contribution in [0.25, 0.3) is 0 Å². The number of anilines is 1. The van der Waals surface area contributed by atoms with Crippen LogP contribution in [0.5, 0.6) is 0 Å². The fraction of sp³-hybridized carbons (Fsp3) is 0.500. The predicted molar refractivity (Wildman–Crippen MR) is 84.4 cm³/mol. The Morgan fingerprint density at radius 3 is 2.62 bits per heavy atom. The third kappa shape index (κ3) is 4.56. The van der Waals surface area contributed by atoms with Gasteiger partial charge in [0.05, 0.1) is 6.04 Å². The van der Waals surface area contributed by atoms with Gasteiger partial charge in [-0.1, -0.05) is 49.3 Å². The summed E-state index contributed by atoms with van der Waals surface area (Å²) in [6.07, 6.45) is 1.08. The fourth-order valence-electron chi connectivity index (χ4n) is 2.07. The van der Waals surface area contributed by atoms with Crippen molar-refractivity contribution in [2.75, 3.05) is 18.4 Å². The lowest BCUT2D eigenvalue weighted by Gasteiger charge is -2.11. The molecule has 0 aliphatic heterocycles. The molecule has 0 aliphatic carbocycles.